The Hall–Kier alpha value is -1.74. The zero-order valence-corrected chi connectivity index (χ0v) is 10.5. The predicted octanol–water partition coefficient (Wildman–Crippen LogP) is 3.67. The van der Waals surface area contributed by atoms with Gasteiger partial charge < -0.3 is 5.73 Å². The minimum Gasteiger partial charge on any atom is -0.325 e. The summed E-state index contributed by atoms with van der Waals surface area (Å²) in [6.07, 6.45) is 2.47. The lowest BCUT2D eigenvalue weighted by Gasteiger charge is -2.11. The summed E-state index contributed by atoms with van der Waals surface area (Å²) in [5, 5.41) is 0. The van der Waals surface area contributed by atoms with Crippen molar-refractivity contribution < 1.29 is 8.78 Å². The van der Waals surface area contributed by atoms with Crippen molar-refractivity contribution in [1.29, 1.82) is 0 Å². The van der Waals surface area contributed by atoms with Crippen LogP contribution in [0.1, 0.15) is 18.4 Å². The number of hydrogen-bond acceptors (Lipinski definition) is 1. The summed E-state index contributed by atoms with van der Waals surface area (Å²) in [7, 11) is 0. The van der Waals surface area contributed by atoms with Crippen molar-refractivity contribution in [3.63, 3.8) is 0 Å². The molecule has 0 radical (unpaired) electrons. The minimum atomic E-state index is -0.273. The number of hydrogen-bond donors (Lipinski definition) is 1. The van der Waals surface area contributed by atoms with E-state index >= 15 is 0 Å². The quantitative estimate of drug-likeness (QED) is 0.894. The topological polar surface area (TPSA) is 26.0 Å². The molecule has 0 spiro atoms. The highest BCUT2D eigenvalue weighted by atomic mass is 19.1. The molecule has 1 saturated carbocycles. The Morgan fingerprint density at radius 1 is 0.947 bits per heavy atom. The minimum absolute atomic E-state index is 0.220. The van der Waals surface area contributed by atoms with E-state index in [1.807, 2.05) is 6.07 Å². The Labute approximate surface area is 111 Å². The van der Waals surface area contributed by atoms with Gasteiger partial charge in [-0.25, -0.2) is 8.78 Å². The molecule has 1 nitrogen and oxygen atoms in total. The number of nitrogens with two attached hydrogens (primary N) is 1. The third kappa shape index (κ3) is 2.66. The summed E-state index contributed by atoms with van der Waals surface area (Å²) in [6.45, 7) is 0. The fourth-order valence-electron chi connectivity index (χ4n) is 2.25. The van der Waals surface area contributed by atoms with Crippen LogP contribution in [0.25, 0.3) is 11.1 Å². The first-order chi connectivity index (χ1) is 9.06. The molecular formula is C16H15F2N. The van der Waals surface area contributed by atoms with E-state index in [1.54, 1.807) is 18.2 Å². The Morgan fingerprint density at radius 3 is 2.21 bits per heavy atom. The molecule has 0 aromatic heterocycles. The Morgan fingerprint density at radius 2 is 1.58 bits per heavy atom. The first kappa shape index (κ1) is 12.3. The summed E-state index contributed by atoms with van der Waals surface area (Å²) in [5.41, 5.74) is 8.23. The monoisotopic (exact) mass is 259 g/mol. The van der Waals surface area contributed by atoms with E-state index in [4.69, 9.17) is 5.73 Å². The van der Waals surface area contributed by atoms with Crippen LogP contribution in [0.15, 0.2) is 42.5 Å². The van der Waals surface area contributed by atoms with Gasteiger partial charge in [-0.2, -0.15) is 0 Å². The summed E-state index contributed by atoms with van der Waals surface area (Å²) in [5.74, 6) is -0.493. The molecule has 19 heavy (non-hydrogen) atoms. The van der Waals surface area contributed by atoms with Crippen molar-refractivity contribution in [2.45, 2.75) is 24.8 Å². The van der Waals surface area contributed by atoms with Gasteiger partial charge in [-0.1, -0.05) is 18.2 Å². The number of benzene rings is 2. The van der Waals surface area contributed by atoms with E-state index in [-0.39, 0.29) is 17.2 Å². The fourth-order valence-corrected chi connectivity index (χ4v) is 2.25. The van der Waals surface area contributed by atoms with Crippen molar-refractivity contribution in [2.75, 3.05) is 0 Å². The molecule has 3 heteroatoms. The molecule has 0 bridgehead atoms. The second kappa shape index (κ2) is 4.42. The van der Waals surface area contributed by atoms with E-state index in [0.717, 1.165) is 24.0 Å². The van der Waals surface area contributed by atoms with Crippen molar-refractivity contribution in [1.82, 2.24) is 0 Å². The van der Waals surface area contributed by atoms with Crippen LogP contribution in [-0.2, 0) is 6.42 Å². The van der Waals surface area contributed by atoms with Crippen LogP contribution in [0.3, 0.4) is 0 Å². The lowest BCUT2D eigenvalue weighted by Crippen LogP contribution is -2.25. The van der Waals surface area contributed by atoms with Gasteiger partial charge in [0.05, 0.1) is 0 Å². The third-order valence-corrected chi connectivity index (χ3v) is 3.66. The molecular weight excluding hydrogens is 244 g/mol. The Kier molecular flexibility index (Phi) is 2.86. The van der Waals surface area contributed by atoms with Crippen molar-refractivity contribution in [3.8, 4) is 11.1 Å². The number of halogens is 2. The second-order valence-electron chi connectivity index (χ2n) is 5.35. The lowest BCUT2D eigenvalue weighted by atomic mass is 9.98. The molecule has 0 atom stereocenters. The van der Waals surface area contributed by atoms with Gasteiger partial charge in [-0.3, -0.25) is 0 Å². The van der Waals surface area contributed by atoms with Gasteiger partial charge in [-0.15, -0.1) is 0 Å². The lowest BCUT2D eigenvalue weighted by molar-refractivity contribution is 0.583. The zero-order valence-electron chi connectivity index (χ0n) is 10.5. The van der Waals surface area contributed by atoms with Crippen molar-refractivity contribution >= 4 is 0 Å². The molecule has 1 aliphatic carbocycles. The van der Waals surface area contributed by atoms with Crippen molar-refractivity contribution in [3.05, 3.63) is 59.7 Å². The summed E-state index contributed by atoms with van der Waals surface area (Å²) in [4.78, 5) is 0. The molecule has 0 heterocycles. The van der Waals surface area contributed by atoms with Gasteiger partial charge in [0, 0.05) is 5.54 Å². The molecule has 2 aromatic carbocycles. The van der Waals surface area contributed by atoms with Crippen molar-refractivity contribution in [2.24, 2.45) is 5.73 Å². The smallest absolute Gasteiger partial charge is 0.126 e. The van der Waals surface area contributed by atoms with Gasteiger partial charge in [0.15, 0.2) is 0 Å². The first-order valence-corrected chi connectivity index (χ1v) is 6.39. The maximum Gasteiger partial charge on any atom is 0.126 e. The average molecular weight is 259 g/mol. The molecule has 98 valence electrons. The van der Waals surface area contributed by atoms with Crippen LogP contribution in [-0.4, -0.2) is 5.54 Å². The highest BCUT2D eigenvalue weighted by molar-refractivity contribution is 5.64. The Bertz CT molecular complexity index is 601. The van der Waals surface area contributed by atoms with Crippen LogP contribution < -0.4 is 5.73 Å². The maximum absolute atomic E-state index is 13.8. The van der Waals surface area contributed by atoms with Crippen LogP contribution in [0.2, 0.25) is 0 Å². The fraction of sp³-hybridized carbons (Fsp3) is 0.250. The maximum atomic E-state index is 13.8. The van der Waals surface area contributed by atoms with Gasteiger partial charge >= 0.3 is 0 Å². The Balaban J connectivity index is 1.94. The molecule has 0 aliphatic heterocycles. The SMILES string of the molecule is NC1(Cc2cc(-c3ccc(F)cc3)ccc2F)CC1. The van der Waals surface area contributed by atoms with Gasteiger partial charge in [-0.05, 0) is 60.2 Å². The van der Waals surface area contributed by atoms with Crippen LogP contribution in [0.5, 0.6) is 0 Å². The van der Waals surface area contributed by atoms with Gasteiger partial charge in [0.25, 0.3) is 0 Å². The van der Waals surface area contributed by atoms with E-state index in [2.05, 4.69) is 0 Å². The number of rotatable bonds is 3. The molecule has 3 rings (SSSR count). The normalized spacial score (nSPS) is 16.4. The van der Waals surface area contributed by atoms with Gasteiger partial charge in [0.1, 0.15) is 11.6 Å². The first-order valence-electron chi connectivity index (χ1n) is 6.39. The van der Waals surface area contributed by atoms with Crippen LogP contribution in [0, 0.1) is 11.6 Å². The largest absolute Gasteiger partial charge is 0.325 e. The average Bonchev–Trinajstić information content (AvgIpc) is 3.11. The second-order valence-corrected chi connectivity index (χ2v) is 5.35. The molecule has 0 saturated heterocycles. The van der Waals surface area contributed by atoms with Gasteiger partial charge in [0.2, 0.25) is 0 Å². The predicted molar refractivity (Wildman–Crippen MR) is 71.7 cm³/mol. The van der Waals surface area contributed by atoms with Crippen LogP contribution in [0.4, 0.5) is 8.78 Å². The highest BCUT2D eigenvalue weighted by Gasteiger charge is 2.38. The molecule has 0 amide bonds. The van der Waals surface area contributed by atoms with Crippen LogP contribution >= 0.6 is 0 Å². The molecule has 0 unspecified atom stereocenters. The molecule has 1 aliphatic rings. The zero-order chi connectivity index (χ0) is 13.5. The summed E-state index contributed by atoms with van der Waals surface area (Å²) < 4.78 is 26.7. The summed E-state index contributed by atoms with van der Waals surface area (Å²) >= 11 is 0. The van der Waals surface area contributed by atoms with E-state index in [0.29, 0.717) is 12.0 Å². The van der Waals surface area contributed by atoms with E-state index < -0.39 is 0 Å². The van der Waals surface area contributed by atoms with E-state index in [9.17, 15) is 8.78 Å². The highest BCUT2D eigenvalue weighted by Crippen LogP contribution is 2.37. The standard InChI is InChI=1S/C16H15F2N/c17-14-4-1-11(2-5-14)12-3-6-15(18)13(9-12)10-16(19)7-8-16/h1-6,9H,7-8,10,19H2. The molecule has 1 fully saturated rings. The summed E-state index contributed by atoms with van der Waals surface area (Å²) in [6, 6.07) is 11.2. The molecule has 2 N–H and O–H groups in total. The third-order valence-electron chi connectivity index (χ3n) is 3.66. The van der Waals surface area contributed by atoms with E-state index in [1.165, 1.54) is 18.2 Å². The molecule has 2 aromatic rings.